The molecule has 0 aliphatic carbocycles. The van der Waals surface area contributed by atoms with Crippen molar-refractivity contribution in [1.82, 2.24) is 15.4 Å². The molecule has 2 N–H and O–H groups in total. The summed E-state index contributed by atoms with van der Waals surface area (Å²) in [6, 6.07) is 8.38. The van der Waals surface area contributed by atoms with E-state index in [-0.39, 0.29) is 17.7 Å². The van der Waals surface area contributed by atoms with Crippen LogP contribution in [0.1, 0.15) is 22.3 Å². The van der Waals surface area contributed by atoms with E-state index in [0.29, 0.717) is 11.3 Å². The van der Waals surface area contributed by atoms with Crippen LogP contribution in [0.15, 0.2) is 61.1 Å². The first-order valence-electron chi connectivity index (χ1n) is 7.08. The number of non-ortho nitro benzene ring substituents is 1. The average molecular weight is 326 g/mol. The number of hydrogen-bond acceptors (Lipinski definition) is 6. The van der Waals surface area contributed by atoms with E-state index in [2.05, 4.69) is 17.0 Å². The number of aliphatic hydroxyl groups is 1. The smallest absolute Gasteiger partial charge is 0.275 e. The molecule has 8 nitrogen and oxygen atoms in total. The van der Waals surface area contributed by atoms with Crippen LogP contribution in [-0.2, 0) is 5.72 Å². The molecule has 3 rings (SSSR count). The van der Waals surface area contributed by atoms with Crippen LogP contribution in [0.25, 0.3) is 0 Å². The number of amides is 1. The minimum absolute atomic E-state index is 0.116. The highest BCUT2D eigenvalue weighted by molar-refractivity contribution is 5.95. The Balaban J connectivity index is 1.95. The number of nitrogens with zero attached hydrogens (tertiary/aromatic N) is 3. The zero-order chi connectivity index (χ0) is 17.3. The number of carbonyl (C=O) groups is 1. The van der Waals surface area contributed by atoms with Crippen LogP contribution in [-0.4, -0.2) is 25.9 Å². The molecule has 1 aromatic heterocycles. The van der Waals surface area contributed by atoms with E-state index >= 15 is 0 Å². The summed E-state index contributed by atoms with van der Waals surface area (Å²) in [5.41, 5.74) is 2.20. The highest BCUT2D eigenvalue weighted by atomic mass is 16.6. The normalized spacial score (nSPS) is 19.9. The number of aromatic nitrogens is 1. The van der Waals surface area contributed by atoms with E-state index in [0.717, 1.165) is 5.01 Å². The predicted octanol–water partition coefficient (Wildman–Crippen LogP) is 1.70. The van der Waals surface area contributed by atoms with Crippen LogP contribution in [0.4, 0.5) is 5.69 Å². The predicted molar refractivity (Wildman–Crippen MR) is 84.3 cm³/mol. The lowest BCUT2D eigenvalue weighted by Gasteiger charge is -2.32. The van der Waals surface area contributed by atoms with Crippen molar-refractivity contribution >= 4 is 11.6 Å². The summed E-state index contributed by atoms with van der Waals surface area (Å²) in [7, 11) is 0. The maximum absolute atomic E-state index is 12.7. The van der Waals surface area contributed by atoms with Crippen LogP contribution < -0.4 is 5.43 Å². The zero-order valence-corrected chi connectivity index (χ0v) is 12.5. The fourth-order valence-corrected chi connectivity index (χ4v) is 2.59. The summed E-state index contributed by atoms with van der Waals surface area (Å²) in [5, 5.41) is 22.8. The molecule has 0 spiro atoms. The maximum atomic E-state index is 12.7. The van der Waals surface area contributed by atoms with E-state index in [1.54, 1.807) is 12.1 Å². The van der Waals surface area contributed by atoms with Gasteiger partial charge >= 0.3 is 0 Å². The lowest BCUT2D eigenvalue weighted by atomic mass is 9.99. The van der Waals surface area contributed by atoms with Crippen molar-refractivity contribution in [2.24, 2.45) is 0 Å². The van der Waals surface area contributed by atoms with Crippen molar-refractivity contribution in [3.05, 3.63) is 82.3 Å². The summed E-state index contributed by atoms with van der Waals surface area (Å²) >= 11 is 0. The van der Waals surface area contributed by atoms with Crippen LogP contribution in [0.3, 0.4) is 0 Å². The Morgan fingerprint density at radius 1 is 1.29 bits per heavy atom. The third-order valence-corrected chi connectivity index (χ3v) is 3.77. The Bertz CT molecular complexity index is 807. The molecule has 1 amide bonds. The van der Waals surface area contributed by atoms with Gasteiger partial charge < -0.3 is 5.11 Å². The lowest BCUT2D eigenvalue weighted by molar-refractivity contribution is -0.384. The number of hydrogen-bond donors (Lipinski definition) is 2. The van der Waals surface area contributed by atoms with Gasteiger partial charge in [-0.2, -0.15) is 0 Å². The molecule has 0 radical (unpaired) electrons. The summed E-state index contributed by atoms with van der Waals surface area (Å²) in [4.78, 5) is 26.8. The SMILES string of the molecule is C=C1CC(O)(c2ccncc2)N(C(=O)c2ccc([N+](=O)[O-])cc2)N1. The Hall–Kier alpha value is -3.26. The molecule has 2 aromatic rings. The van der Waals surface area contributed by atoms with Gasteiger partial charge in [-0.25, -0.2) is 5.01 Å². The van der Waals surface area contributed by atoms with Crippen molar-refractivity contribution in [2.45, 2.75) is 12.1 Å². The van der Waals surface area contributed by atoms with Gasteiger partial charge in [0.05, 0.1) is 4.92 Å². The average Bonchev–Trinajstić information content (AvgIpc) is 2.91. The minimum Gasteiger partial charge on any atom is -0.365 e. The topological polar surface area (TPSA) is 109 Å². The van der Waals surface area contributed by atoms with Crippen molar-refractivity contribution in [2.75, 3.05) is 0 Å². The third-order valence-electron chi connectivity index (χ3n) is 3.77. The van der Waals surface area contributed by atoms with Crippen molar-refractivity contribution < 1.29 is 14.8 Å². The van der Waals surface area contributed by atoms with Gasteiger partial charge in [-0.05, 0) is 24.3 Å². The molecule has 0 bridgehead atoms. The highest BCUT2D eigenvalue weighted by Crippen LogP contribution is 2.36. The monoisotopic (exact) mass is 326 g/mol. The Labute approximate surface area is 137 Å². The quantitative estimate of drug-likeness (QED) is 0.656. The molecular weight excluding hydrogens is 312 g/mol. The standard InChI is InChI=1S/C16H14N4O4/c1-11-10-16(22,13-6-8-17-9-7-13)19(18-11)15(21)12-2-4-14(5-3-12)20(23)24/h2-9,18,22H,1,10H2. The number of nitro groups is 1. The van der Waals surface area contributed by atoms with E-state index < -0.39 is 16.6 Å². The van der Waals surface area contributed by atoms with Gasteiger partial charge in [-0.1, -0.05) is 6.58 Å². The maximum Gasteiger partial charge on any atom is 0.275 e. The van der Waals surface area contributed by atoms with Gasteiger partial charge in [-0.15, -0.1) is 0 Å². The number of benzene rings is 1. The van der Waals surface area contributed by atoms with E-state index in [1.165, 1.54) is 36.7 Å². The van der Waals surface area contributed by atoms with Crippen LogP contribution >= 0.6 is 0 Å². The highest BCUT2D eigenvalue weighted by Gasteiger charge is 2.46. The molecule has 1 unspecified atom stereocenters. The van der Waals surface area contributed by atoms with Crippen LogP contribution in [0, 0.1) is 10.1 Å². The molecule has 2 heterocycles. The summed E-state index contributed by atoms with van der Waals surface area (Å²) in [5.74, 6) is -0.525. The molecule has 122 valence electrons. The molecule has 1 fully saturated rings. The number of carbonyl (C=O) groups excluding carboxylic acids is 1. The second kappa shape index (κ2) is 5.74. The number of nitro benzene ring substituents is 1. The van der Waals surface area contributed by atoms with Gasteiger partial charge in [0.25, 0.3) is 11.6 Å². The molecule has 1 atom stereocenters. The van der Waals surface area contributed by atoms with Crippen molar-refractivity contribution in [1.29, 1.82) is 0 Å². The molecule has 1 aromatic carbocycles. The second-order valence-corrected chi connectivity index (χ2v) is 5.39. The second-order valence-electron chi connectivity index (χ2n) is 5.39. The van der Waals surface area contributed by atoms with E-state index in [4.69, 9.17) is 0 Å². The van der Waals surface area contributed by atoms with Crippen molar-refractivity contribution in [3.8, 4) is 0 Å². The molecule has 24 heavy (non-hydrogen) atoms. The number of rotatable bonds is 3. The van der Waals surface area contributed by atoms with E-state index in [9.17, 15) is 20.0 Å². The third kappa shape index (κ3) is 2.59. The first kappa shape index (κ1) is 15.6. The molecule has 1 aliphatic heterocycles. The summed E-state index contributed by atoms with van der Waals surface area (Å²) < 4.78 is 0. The van der Waals surface area contributed by atoms with Crippen molar-refractivity contribution in [3.63, 3.8) is 0 Å². The number of hydrazine groups is 1. The van der Waals surface area contributed by atoms with Crippen LogP contribution in [0.5, 0.6) is 0 Å². The molecule has 1 aliphatic rings. The first-order chi connectivity index (χ1) is 11.4. The number of pyridine rings is 1. The minimum atomic E-state index is -1.61. The largest absolute Gasteiger partial charge is 0.365 e. The van der Waals surface area contributed by atoms with Gasteiger partial charge in [-0.3, -0.25) is 25.3 Å². The lowest BCUT2D eigenvalue weighted by Crippen LogP contribution is -2.49. The zero-order valence-electron chi connectivity index (χ0n) is 12.5. The van der Waals surface area contributed by atoms with Crippen LogP contribution in [0.2, 0.25) is 0 Å². The van der Waals surface area contributed by atoms with E-state index in [1.807, 2.05) is 0 Å². The van der Waals surface area contributed by atoms with Gasteiger partial charge in [0.15, 0.2) is 5.72 Å². The van der Waals surface area contributed by atoms with Gasteiger partial charge in [0.2, 0.25) is 0 Å². The first-order valence-corrected chi connectivity index (χ1v) is 7.08. The molecular formula is C16H14N4O4. The Morgan fingerprint density at radius 3 is 2.50 bits per heavy atom. The molecule has 1 saturated heterocycles. The van der Waals surface area contributed by atoms with Gasteiger partial charge in [0.1, 0.15) is 0 Å². The number of nitrogens with one attached hydrogen (secondary N) is 1. The fourth-order valence-electron chi connectivity index (χ4n) is 2.59. The summed E-state index contributed by atoms with van der Waals surface area (Å²) in [6.07, 6.45) is 3.15. The molecule has 8 heteroatoms. The Kier molecular flexibility index (Phi) is 3.74. The molecule has 0 saturated carbocycles. The van der Waals surface area contributed by atoms with Gasteiger partial charge in [0, 0.05) is 47.8 Å². The summed E-state index contributed by atoms with van der Waals surface area (Å²) in [6.45, 7) is 3.77. The fraction of sp³-hybridized carbons (Fsp3) is 0.125. The Morgan fingerprint density at radius 2 is 1.92 bits per heavy atom.